The lowest BCUT2D eigenvalue weighted by molar-refractivity contribution is 0.00336. The first-order valence-electron chi connectivity index (χ1n) is 2.92. The lowest BCUT2D eigenvalue weighted by atomic mass is 10.1. The van der Waals surface area contributed by atoms with E-state index in [1.807, 2.05) is 0 Å². The van der Waals surface area contributed by atoms with Gasteiger partial charge in [-0.15, -0.1) is 0 Å². The van der Waals surface area contributed by atoms with Gasteiger partial charge in [0.1, 0.15) is 6.10 Å². The van der Waals surface area contributed by atoms with Crippen molar-refractivity contribution in [2.24, 2.45) is 5.73 Å². The second kappa shape index (κ2) is 2.62. The Bertz CT molecular complexity index is 98.2. The Kier molecular flexibility index (Phi) is 2.02. The van der Waals surface area contributed by atoms with Crippen molar-refractivity contribution < 1.29 is 14.9 Å². The highest BCUT2D eigenvalue weighted by Gasteiger charge is 2.32. The van der Waals surface area contributed by atoms with Crippen LogP contribution < -0.4 is 5.73 Å². The molecule has 0 aromatic rings. The Labute approximate surface area is 53.2 Å². The van der Waals surface area contributed by atoms with Crippen LogP contribution in [0, 0.1) is 0 Å². The number of nitrogens with two attached hydrogens (primary N) is 1. The first kappa shape index (κ1) is 6.95. The maximum atomic E-state index is 9.05. The van der Waals surface area contributed by atoms with E-state index in [0.29, 0.717) is 6.61 Å². The van der Waals surface area contributed by atoms with Crippen molar-refractivity contribution in [3.63, 3.8) is 0 Å². The van der Waals surface area contributed by atoms with Gasteiger partial charge in [-0.2, -0.15) is 0 Å². The van der Waals surface area contributed by atoms with E-state index in [2.05, 4.69) is 0 Å². The standard InChI is InChI=1S/C5H11NO3/c6-3-2-9-4(1-7)5(3)8/h3-5,7-8H,1-2,6H2/t3?,4-,5-/m1/s1. The summed E-state index contributed by atoms with van der Waals surface area (Å²) in [6.07, 6.45) is -1.17. The second-order valence-electron chi connectivity index (χ2n) is 2.21. The summed E-state index contributed by atoms with van der Waals surface area (Å²) in [5.74, 6) is 0. The minimum atomic E-state index is -0.699. The van der Waals surface area contributed by atoms with Gasteiger partial charge >= 0.3 is 0 Å². The van der Waals surface area contributed by atoms with Crippen molar-refractivity contribution in [2.75, 3.05) is 13.2 Å². The van der Waals surface area contributed by atoms with Crippen LogP contribution >= 0.6 is 0 Å². The summed E-state index contributed by atoms with van der Waals surface area (Å²) in [6.45, 7) is 0.182. The smallest absolute Gasteiger partial charge is 0.108 e. The van der Waals surface area contributed by atoms with Crippen LogP contribution in [0.2, 0.25) is 0 Å². The summed E-state index contributed by atoms with van der Waals surface area (Å²) >= 11 is 0. The number of aliphatic hydroxyl groups excluding tert-OH is 2. The molecule has 1 fully saturated rings. The molecule has 0 radical (unpaired) electrons. The van der Waals surface area contributed by atoms with Crippen molar-refractivity contribution in [3.05, 3.63) is 0 Å². The highest BCUT2D eigenvalue weighted by atomic mass is 16.5. The molecule has 9 heavy (non-hydrogen) atoms. The molecule has 1 rings (SSSR count). The van der Waals surface area contributed by atoms with Gasteiger partial charge in [0.25, 0.3) is 0 Å². The van der Waals surface area contributed by atoms with Crippen LogP contribution in [0.4, 0.5) is 0 Å². The van der Waals surface area contributed by atoms with Gasteiger partial charge in [0.2, 0.25) is 0 Å². The normalized spacial score (nSPS) is 43.7. The van der Waals surface area contributed by atoms with E-state index in [-0.39, 0.29) is 12.6 Å². The molecule has 0 saturated carbocycles. The summed E-state index contributed by atoms with van der Waals surface area (Å²) in [5, 5.41) is 17.6. The Balaban J connectivity index is 2.41. The zero-order valence-corrected chi connectivity index (χ0v) is 5.03. The van der Waals surface area contributed by atoms with Crippen LogP contribution in [-0.2, 0) is 4.74 Å². The molecule has 1 aliphatic heterocycles. The first-order valence-corrected chi connectivity index (χ1v) is 2.92. The van der Waals surface area contributed by atoms with E-state index >= 15 is 0 Å². The quantitative estimate of drug-likeness (QED) is 0.389. The molecule has 4 N–H and O–H groups in total. The molecule has 0 aliphatic carbocycles. The zero-order valence-electron chi connectivity index (χ0n) is 5.03. The monoisotopic (exact) mass is 133 g/mol. The van der Waals surface area contributed by atoms with E-state index in [9.17, 15) is 0 Å². The topological polar surface area (TPSA) is 75.7 Å². The molecule has 0 spiro atoms. The Morgan fingerprint density at radius 2 is 2.33 bits per heavy atom. The third-order valence-corrected chi connectivity index (χ3v) is 1.50. The van der Waals surface area contributed by atoms with Gasteiger partial charge in [0.15, 0.2) is 0 Å². The third-order valence-electron chi connectivity index (χ3n) is 1.50. The van der Waals surface area contributed by atoms with Crippen LogP contribution in [0.25, 0.3) is 0 Å². The van der Waals surface area contributed by atoms with Crippen LogP contribution in [0.15, 0.2) is 0 Å². The van der Waals surface area contributed by atoms with E-state index < -0.39 is 12.2 Å². The van der Waals surface area contributed by atoms with Crippen LogP contribution in [-0.4, -0.2) is 41.7 Å². The van der Waals surface area contributed by atoms with E-state index in [1.54, 1.807) is 0 Å². The Morgan fingerprint density at radius 3 is 2.56 bits per heavy atom. The summed E-state index contributed by atoms with van der Waals surface area (Å²) in [5.41, 5.74) is 5.36. The van der Waals surface area contributed by atoms with Gasteiger partial charge in [-0.25, -0.2) is 0 Å². The lowest BCUT2D eigenvalue weighted by Gasteiger charge is -2.10. The molecule has 4 heteroatoms. The van der Waals surface area contributed by atoms with Crippen molar-refractivity contribution in [2.45, 2.75) is 18.2 Å². The highest BCUT2D eigenvalue weighted by Crippen LogP contribution is 2.10. The van der Waals surface area contributed by atoms with E-state index in [1.165, 1.54) is 0 Å². The van der Waals surface area contributed by atoms with Crippen molar-refractivity contribution >= 4 is 0 Å². The van der Waals surface area contributed by atoms with Gasteiger partial charge in [0.05, 0.1) is 25.4 Å². The average molecular weight is 133 g/mol. The summed E-state index contributed by atoms with van der Waals surface area (Å²) in [4.78, 5) is 0. The number of hydrogen-bond acceptors (Lipinski definition) is 4. The first-order chi connectivity index (χ1) is 4.25. The van der Waals surface area contributed by atoms with Gasteiger partial charge in [0, 0.05) is 0 Å². The molecule has 3 atom stereocenters. The van der Waals surface area contributed by atoms with Crippen LogP contribution in [0.5, 0.6) is 0 Å². The van der Waals surface area contributed by atoms with Crippen LogP contribution in [0.3, 0.4) is 0 Å². The maximum Gasteiger partial charge on any atom is 0.108 e. The van der Waals surface area contributed by atoms with Crippen molar-refractivity contribution in [3.8, 4) is 0 Å². The average Bonchev–Trinajstić information content (AvgIpc) is 2.15. The lowest BCUT2D eigenvalue weighted by Crippen LogP contribution is -2.37. The number of rotatable bonds is 1. The minimum Gasteiger partial charge on any atom is -0.394 e. The molecule has 0 bridgehead atoms. The van der Waals surface area contributed by atoms with Crippen molar-refractivity contribution in [1.29, 1.82) is 0 Å². The predicted molar refractivity (Wildman–Crippen MR) is 30.8 cm³/mol. The predicted octanol–water partition coefficient (Wildman–Crippen LogP) is -1.93. The van der Waals surface area contributed by atoms with E-state index in [0.717, 1.165) is 0 Å². The third kappa shape index (κ3) is 1.21. The van der Waals surface area contributed by atoms with Gasteiger partial charge in [-0.1, -0.05) is 0 Å². The van der Waals surface area contributed by atoms with Gasteiger partial charge in [-0.3, -0.25) is 0 Å². The molecule has 1 unspecified atom stereocenters. The highest BCUT2D eigenvalue weighted by molar-refractivity contribution is 4.85. The largest absolute Gasteiger partial charge is 0.394 e. The Morgan fingerprint density at radius 1 is 1.67 bits per heavy atom. The molecule has 0 amide bonds. The summed E-state index contributed by atoms with van der Waals surface area (Å²) in [7, 11) is 0. The van der Waals surface area contributed by atoms with E-state index in [4.69, 9.17) is 20.7 Å². The Hall–Kier alpha value is -0.160. The molecule has 4 nitrogen and oxygen atoms in total. The molecular formula is C5H11NO3. The summed E-state index contributed by atoms with van der Waals surface area (Å²) in [6, 6.07) is -0.331. The van der Waals surface area contributed by atoms with Crippen LogP contribution in [0.1, 0.15) is 0 Å². The fourth-order valence-electron chi connectivity index (χ4n) is 0.868. The number of hydrogen-bond donors (Lipinski definition) is 3. The molecule has 1 aliphatic rings. The summed E-state index contributed by atoms with van der Waals surface area (Å²) < 4.78 is 4.90. The van der Waals surface area contributed by atoms with Gasteiger partial charge in [-0.05, 0) is 0 Å². The zero-order chi connectivity index (χ0) is 6.85. The number of ether oxygens (including phenoxy) is 1. The van der Waals surface area contributed by atoms with Gasteiger partial charge < -0.3 is 20.7 Å². The SMILES string of the molecule is NC1CO[C@H](CO)[C@@H]1O. The molecule has 54 valence electrons. The maximum absolute atomic E-state index is 9.05. The minimum absolute atomic E-state index is 0.158. The molecule has 1 saturated heterocycles. The second-order valence-corrected chi connectivity index (χ2v) is 2.21. The molecule has 0 aromatic heterocycles. The van der Waals surface area contributed by atoms with Crippen molar-refractivity contribution in [1.82, 2.24) is 0 Å². The fourth-order valence-corrected chi connectivity index (χ4v) is 0.868. The molecule has 1 heterocycles. The molecule has 0 aromatic carbocycles. The fraction of sp³-hybridized carbons (Fsp3) is 1.00. The number of aliphatic hydroxyl groups is 2. The molecular weight excluding hydrogens is 122 g/mol.